The Morgan fingerprint density at radius 3 is 2.84 bits per heavy atom. The smallest absolute Gasteiger partial charge is 0.133 e. The van der Waals surface area contributed by atoms with Crippen LogP contribution in [0.2, 0.25) is 0 Å². The molecule has 19 heavy (non-hydrogen) atoms. The number of hydrogen-bond acceptors (Lipinski definition) is 2. The first-order valence-electron chi connectivity index (χ1n) is 6.86. The van der Waals surface area contributed by atoms with Gasteiger partial charge in [-0.05, 0) is 52.4 Å². The number of benzene rings is 1. The second kappa shape index (κ2) is 7.51. The highest BCUT2D eigenvalue weighted by Gasteiger charge is 2.23. The molecular weight excluding hydrogens is 326 g/mol. The zero-order valence-electron chi connectivity index (χ0n) is 11.3. The van der Waals surface area contributed by atoms with E-state index in [1.54, 1.807) is 7.11 Å². The molecule has 2 unspecified atom stereocenters. The summed E-state index contributed by atoms with van der Waals surface area (Å²) in [4.78, 5) is 0. The Labute approximate surface area is 129 Å². The van der Waals surface area contributed by atoms with E-state index in [4.69, 9.17) is 16.3 Å². The van der Waals surface area contributed by atoms with E-state index in [-0.39, 0.29) is 0 Å². The van der Waals surface area contributed by atoms with E-state index in [0.717, 1.165) is 22.6 Å². The number of hydrogen-bond donors (Lipinski definition) is 1. The van der Waals surface area contributed by atoms with Crippen LogP contribution in [0.3, 0.4) is 0 Å². The average Bonchev–Trinajstić information content (AvgIpc) is 2.45. The predicted molar refractivity (Wildman–Crippen MR) is 84.0 cm³/mol. The monoisotopic (exact) mass is 345 g/mol. The van der Waals surface area contributed by atoms with E-state index in [9.17, 15) is 0 Å². The maximum Gasteiger partial charge on any atom is 0.133 e. The molecule has 1 N–H and O–H groups in total. The lowest BCUT2D eigenvalue weighted by molar-refractivity contribution is 0.282. The second-order valence-corrected chi connectivity index (χ2v) is 6.32. The lowest BCUT2D eigenvalue weighted by atomic mass is 9.85. The van der Waals surface area contributed by atoms with Gasteiger partial charge >= 0.3 is 0 Å². The largest absolute Gasteiger partial charge is 0.496 e. The summed E-state index contributed by atoms with van der Waals surface area (Å²) < 4.78 is 6.25. The van der Waals surface area contributed by atoms with Crippen LogP contribution in [0.25, 0.3) is 0 Å². The van der Waals surface area contributed by atoms with Crippen molar-refractivity contribution in [3.8, 4) is 5.75 Å². The van der Waals surface area contributed by atoms with Crippen LogP contribution < -0.4 is 10.1 Å². The quantitative estimate of drug-likeness (QED) is 0.801. The van der Waals surface area contributed by atoms with Gasteiger partial charge in [-0.25, -0.2) is 0 Å². The van der Waals surface area contributed by atoms with E-state index in [0.29, 0.717) is 12.0 Å². The van der Waals surface area contributed by atoms with Crippen LogP contribution in [-0.2, 0) is 6.54 Å². The van der Waals surface area contributed by atoms with Gasteiger partial charge in [0.05, 0.1) is 11.6 Å². The molecule has 2 nitrogen and oxygen atoms in total. The molecule has 2 atom stereocenters. The van der Waals surface area contributed by atoms with Gasteiger partial charge in [-0.3, -0.25) is 0 Å². The standard InChI is InChI=1S/C15H21BrClNO/c1-19-15-7-6-11(8-13(15)16)10-18-14-5-3-2-4-12(14)9-17/h6-8,12,14,18H,2-5,9-10H2,1H3. The van der Waals surface area contributed by atoms with Gasteiger partial charge in [-0.2, -0.15) is 0 Å². The molecule has 4 heteroatoms. The van der Waals surface area contributed by atoms with Crippen molar-refractivity contribution in [1.29, 1.82) is 0 Å². The highest BCUT2D eigenvalue weighted by molar-refractivity contribution is 9.10. The number of ether oxygens (including phenoxy) is 1. The van der Waals surface area contributed by atoms with E-state index in [2.05, 4.69) is 33.4 Å². The van der Waals surface area contributed by atoms with Crippen LogP contribution in [0.4, 0.5) is 0 Å². The SMILES string of the molecule is COc1ccc(CNC2CCCCC2CCl)cc1Br. The summed E-state index contributed by atoms with van der Waals surface area (Å²) in [7, 11) is 1.69. The summed E-state index contributed by atoms with van der Waals surface area (Å²) in [5.74, 6) is 2.27. The zero-order chi connectivity index (χ0) is 13.7. The van der Waals surface area contributed by atoms with E-state index in [1.807, 2.05) is 6.07 Å². The summed E-state index contributed by atoms with van der Waals surface area (Å²) in [5.41, 5.74) is 1.27. The first-order valence-corrected chi connectivity index (χ1v) is 8.19. The van der Waals surface area contributed by atoms with Crippen molar-refractivity contribution in [2.45, 2.75) is 38.3 Å². The molecule has 1 aliphatic carbocycles. The molecule has 1 aromatic rings. The predicted octanol–water partition coefficient (Wildman–Crippen LogP) is 4.34. The minimum absolute atomic E-state index is 0.562. The summed E-state index contributed by atoms with van der Waals surface area (Å²) in [5, 5.41) is 3.66. The number of halogens is 2. The van der Waals surface area contributed by atoms with Crippen LogP contribution in [0, 0.1) is 5.92 Å². The Kier molecular flexibility index (Phi) is 5.99. The van der Waals surface area contributed by atoms with Crippen molar-refractivity contribution in [3.05, 3.63) is 28.2 Å². The van der Waals surface area contributed by atoms with Crippen LogP contribution in [0.1, 0.15) is 31.2 Å². The van der Waals surface area contributed by atoms with Gasteiger partial charge in [-0.1, -0.05) is 18.9 Å². The summed E-state index contributed by atoms with van der Waals surface area (Å²) >= 11 is 9.58. The molecular formula is C15H21BrClNO. The van der Waals surface area contributed by atoms with Gasteiger partial charge in [0.2, 0.25) is 0 Å². The third-order valence-corrected chi connectivity index (χ3v) is 4.91. The molecule has 0 radical (unpaired) electrons. The molecule has 0 saturated heterocycles. The molecule has 1 saturated carbocycles. The van der Waals surface area contributed by atoms with Gasteiger partial charge < -0.3 is 10.1 Å². The minimum Gasteiger partial charge on any atom is -0.496 e. The number of methoxy groups -OCH3 is 1. The van der Waals surface area contributed by atoms with Gasteiger partial charge in [0.15, 0.2) is 0 Å². The zero-order valence-corrected chi connectivity index (χ0v) is 13.6. The van der Waals surface area contributed by atoms with Crippen molar-refractivity contribution in [3.63, 3.8) is 0 Å². The van der Waals surface area contributed by atoms with Crippen molar-refractivity contribution in [2.24, 2.45) is 5.92 Å². The molecule has 1 fully saturated rings. The second-order valence-electron chi connectivity index (χ2n) is 5.16. The van der Waals surface area contributed by atoms with Crippen LogP contribution in [0.15, 0.2) is 22.7 Å². The Morgan fingerprint density at radius 1 is 1.37 bits per heavy atom. The topological polar surface area (TPSA) is 21.3 Å². The summed E-state index contributed by atoms with van der Waals surface area (Å²) in [6, 6.07) is 6.78. The Morgan fingerprint density at radius 2 is 2.16 bits per heavy atom. The fourth-order valence-electron chi connectivity index (χ4n) is 2.73. The van der Waals surface area contributed by atoms with Gasteiger partial charge in [-0.15, -0.1) is 11.6 Å². The Bertz CT molecular complexity index is 413. The Hall–Kier alpha value is -0.250. The average molecular weight is 347 g/mol. The number of alkyl halides is 1. The third-order valence-electron chi connectivity index (χ3n) is 3.89. The summed E-state index contributed by atoms with van der Waals surface area (Å²) in [6.45, 7) is 0.890. The molecule has 2 rings (SSSR count). The number of rotatable bonds is 5. The maximum atomic E-state index is 6.06. The highest BCUT2D eigenvalue weighted by atomic mass is 79.9. The van der Waals surface area contributed by atoms with Crippen molar-refractivity contribution < 1.29 is 4.74 Å². The molecule has 0 amide bonds. The summed E-state index contributed by atoms with van der Waals surface area (Å²) in [6.07, 6.45) is 5.14. The van der Waals surface area contributed by atoms with Crippen LogP contribution >= 0.6 is 27.5 Å². The third kappa shape index (κ3) is 4.11. The lowest BCUT2D eigenvalue weighted by Crippen LogP contribution is -2.38. The molecule has 0 aromatic heterocycles. The van der Waals surface area contributed by atoms with Gasteiger partial charge in [0.25, 0.3) is 0 Å². The highest BCUT2D eigenvalue weighted by Crippen LogP contribution is 2.27. The molecule has 0 spiro atoms. The normalized spacial score (nSPS) is 23.3. The maximum absolute atomic E-state index is 6.06. The van der Waals surface area contributed by atoms with Gasteiger partial charge in [0, 0.05) is 18.5 Å². The fraction of sp³-hybridized carbons (Fsp3) is 0.600. The molecule has 0 bridgehead atoms. The van der Waals surface area contributed by atoms with E-state index in [1.165, 1.54) is 31.2 Å². The van der Waals surface area contributed by atoms with Gasteiger partial charge in [0.1, 0.15) is 5.75 Å². The first-order chi connectivity index (χ1) is 9.24. The minimum atomic E-state index is 0.562. The van der Waals surface area contributed by atoms with Crippen LogP contribution in [0.5, 0.6) is 5.75 Å². The molecule has 0 heterocycles. The van der Waals surface area contributed by atoms with Crippen molar-refractivity contribution >= 4 is 27.5 Å². The van der Waals surface area contributed by atoms with Crippen LogP contribution in [-0.4, -0.2) is 19.0 Å². The molecule has 1 aliphatic rings. The van der Waals surface area contributed by atoms with Crippen molar-refractivity contribution in [2.75, 3.05) is 13.0 Å². The molecule has 1 aromatic carbocycles. The fourth-order valence-corrected chi connectivity index (χ4v) is 3.69. The van der Waals surface area contributed by atoms with E-state index >= 15 is 0 Å². The Balaban J connectivity index is 1.92. The first kappa shape index (κ1) is 15.1. The number of nitrogens with one attached hydrogen (secondary N) is 1. The van der Waals surface area contributed by atoms with E-state index < -0.39 is 0 Å². The molecule has 0 aliphatic heterocycles. The van der Waals surface area contributed by atoms with Crippen molar-refractivity contribution in [1.82, 2.24) is 5.32 Å². The molecule has 106 valence electrons. The lowest BCUT2D eigenvalue weighted by Gasteiger charge is -2.31.